The second-order valence-electron chi connectivity index (χ2n) is 5.16. The lowest BCUT2D eigenvalue weighted by Crippen LogP contribution is -2.08. The van der Waals surface area contributed by atoms with E-state index in [2.05, 4.69) is 15.5 Å². The molecule has 0 aliphatic rings. The van der Waals surface area contributed by atoms with E-state index in [1.807, 2.05) is 49.5 Å². The van der Waals surface area contributed by atoms with E-state index in [0.717, 1.165) is 22.5 Å². The van der Waals surface area contributed by atoms with Gasteiger partial charge < -0.3 is 5.32 Å². The third kappa shape index (κ3) is 3.72. The van der Waals surface area contributed by atoms with Crippen LogP contribution in [0.25, 0.3) is 11.3 Å². The zero-order valence-electron chi connectivity index (χ0n) is 12.6. The van der Waals surface area contributed by atoms with E-state index in [0.29, 0.717) is 23.1 Å². The molecule has 0 radical (unpaired) electrons. The van der Waals surface area contributed by atoms with Crippen LogP contribution in [-0.2, 0) is 13.1 Å². The highest BCUT2D eigenvalue weighted by molar-refractivity contribution is 6.35. The first-order valence-electron chi connectivity index (χ1n) is 7.25. The first-order valence-corrected chi connectivity index (χ1v) is 8.01. The maximum absolute atomic E-state index is 6.24. The third-order valence-electron chi connectivity index (χ3n) is 3.44. The van der Waals surface area contributed by atoms with E-state index in [4.69, 9.17) is 23.2 Å². The Kier molecular flexibility index (Phi) is 4.96. The molecule has 3 rings (SSSR count). The number of nitrogens with one attached hydrogen (secondary N) is 1. The molecule has 6 heteroatoms. The molecule has 4 nitrogen and oxygen atoms in total. The van der Waals surface area contributed by atoms with Gasteiger partial charge >= 0.3 is 0 Å². The number of aromatic nitrogens is 3. The highest BCUT2D eigenvalue weighted by Gasteiger charge is 2.13. The van der Waals surface area contributed by atoms with Crippen molar-refractivity contribution in [1.82, 2.24) is 20.3 Å². The number of nitrogens with zero attached hydrogens (tertiary/aromatic N) is 3. The Balaban J connectivity index is 1.94. The summed E-state index contributed by atoms with van der Waals surface area (Å²) in [6.07, 6.45) is 0. The topological polar surface area (TPSA) is 42.7 Å². The number of benzene rings is 2. The maximum Gasteiger partial charge on any atom is 0.117 e. The standard InChI is InChI=1S/C17H16Cl2N4/c1-20-10-16-17(12-5-3-2-4-6-12)22-23(21-16)11-13-7-8-14(18)9-15(13)19/h2-9,20H,10-11H2,1H3. The summed E-state index contributed by atoms with van der Waals surface area (Å²) in [5.41, 5.74) is 3.77. The summed E-state index contributed by atoms with van der Waals surface area (Å²) in [5.74, 6) is 0. The summed E-state index contributed by atoms with van der Waals surface area (Å²) in [6, 6.07) is 15.5. The van der Waals surface area contributed by atoms with Crippen LogP contribution in [0.3, 0.4) is 0 Å². The SMILES string of the molecule is CNCc1nn(Cc2ccc(Cl)cc2Cl)nc1-c1ccccc1. The fourth-order valence-electron chi connectivity index (χ4n) is 2.36. The van der Waals surface area contributed by atoms with E-state index in [1.165, 1.54) is 0 Å². The lowest BCUT2D eigenvalue weighted by molar-refractivity contribution is 0.582. The monoisotopic (exact) mass is 346 g/mol. The van der Waals surface area contributed by atoms with Gasteiger partial charge in [-0.25, -0.2) is 0 Å². The molecule has 3 aromatic rings. The summed E-state index contributed by atoms with van der Waals surface area (Å²) >= 11 is 12.2. The molecular formula is C17H16Cl2N4. The molecule has 0 aliphatic carbocycles. The summed E-state index contributed by atoms with van der Waals surface area (Å²) < 4.78 is 0. The summed E-state index contributed by atoms with van der Waals surface area (Å²) in [6.45, 7) is 1.15. The second kappa shape index (κ2) is 7.13. The normalized spacial score (nSPS) is 10.9. The van der Waals surface area contributed by atoms with Crippen LogP contribution in [0.4, 0.5) is 0 Å². The highest BCUT2D eigenvalue weighted by Crippen LogP contribution is 2.23. The van der Waals surface area contributed by atoms with Crippen LogP contribution < -0.4 is 5.32 Å². The Morgan fingerprint density at radius 2 is 1.83 bits per heavy atom. The lowest BCUT2D eigenvalue weighted by atomic mass is 10.1. The molecule has 0 saturated heterocycles. The molecule has 23 heavy (non-hydrogen) atoms. The molecule has 0 saturated carbocycles. The van der Waals surface area contributed by atoms with E-state index in [9.17, 15) is 0 Å². The number of rotatable bonds is 5. The van der Waals surface area contributed by atoms with Crippen molar-refractivity contribution in [2.45, 2.75) is 13.1 Å². The number of hydrogen-bond acceptors (Lipinski definition) is 3. The van der Waals surface area contributed by atoms with Crippen LogP contribution in [0.2, 0.25) is 10.0 Å². The van der Waals surface area contributed by atoms with Gasteiger partial charge in [0.2, 0.25) is 0 Å². The van der Waals surface area contributed by atoms with Crippen LogP contribution in [0.1, 0.15) is 11.3 Å². The van der Waals surface area contributed by atoms with Crippen molar-refractivity contribution in [3.8, 4) is 11.3 Å². The average Bonchev–Trinajstić information content (AvgIpc) is 2.94. The second-order valence-corrected chi connectivity index (χ2v) is 6.00. The van der Waals surface area contributed by atoms with Crippen molar-refractivity contribution < 1.29 is 0 Å². The maximum atomic E-state index is 6.24. The molecule has 0 aliphatic heterocycles. The van der Waals surface area contributed by atoms with Crippen molar-refractivity contribution >= 4 is 23.2 Å². The van der Waals surface area contributed by atoms with Crippen molar-refractivity contribution in [3.63, 3.8) is 0 Å². The van der Waals surface area contributed by atoms with Gasteiger partial charge in [0.05, 0.1) is 6.54 Å². The molecule has 118 valence electrons. The van der Waals surface area contributed by atoms with Crippen LogP contribution in [0.15, 0.2) is 48.5 Å². The summed E-state index contributed by atoms with van der Waals surface area (Å²) in [7, 11) is 1.89. The predicted octanol–water partition coefficient (Wildman–Crippen LogP) is 4.02. The van der Waals surface area contributed by atoms with Crippen LogP contribution in [0.5, 0.6) is 0 Å². The lowest BCUT2D eigenvalue weighted by Gasteiger charge is -2.03. The molecule has 0 atom stereocenters. The molecule has 0 spiro atoms. The minimum absolute atomic E-state index is 0.500. The molecule has 0 fully saturated rings. The van der Waals surface area contributed by atoms with Gasteiger partial charge in [0.25, 0.3) is 0 Å². The minimum atomic E-state index is 0.500. The number of halogens is 2. The van der Waals surface area contributed by atoms with Gasteiger partial charge in [0.1, 0.15) is 11.4 Å². The Hall–Kier alpha value is -1.88. The zero-order valence-corrected chi connectivity index (χ0v) is 14.1. The van der Waals surface area contributed by atoms with E-state index in [-0.39, 0.29) is 0 Å². The van der Waals surface area contributed by atoms with Gasteiger partial charge in [0, 0.05) is 22.2 Å². The molecule has 1 heterocycles. The molecular weight excluding hydrogens is 331 g/mol. The smallest absolute Gasteiger partial charge is 0.117 e. The molecule has 1 N–H and O–H groups in total. The van der Waals surface area contributed by atoms with E-state index in [1.54, 1.807) is 10.9 Å². The quantitative estimate of drug-likeness (QED) is 0.758. The zero-order chi connectivity index (χ0) is 16.2. The van der Waals surface area contributed by atoms with Gasteiger partial charge in [0.15, 0.2) is 0 Å². The van der Waals surface area contributed by atoms with Crippen molar-refractivity contribution in [2.75, 3.05) is 7.05 Å². The first kappa shape index (κ1) is 16.0. The highest BCUT2D eigenvalue weighted by atomic mass is 35.5. The number of hydrogen-bond donors (Lipinski definition) is 1. The van der Waals surface area contributed by atoms with Gasteiger partial charge in [-0.15, -0.1) is 0 Å². The van der Waals surface area contributed by atoms with Crippen molar-refractivity contribution in [1.29, 1.82) is 0 Å². The largest absolute Gasteiger partial charge is 0.314 e. The van der Waals surface area contributed by atoms with Crippen molar-refractivity contribution in [3.05, 3.63) is 69.8 Å². The Morgan fingerprint density at radius 1 is 1.04 bits per heavy atom. The fourth-order valence-corrected chi connectivity index (χ4v) is 2.83. The first-order chi connectivity index (χ1) is 11.2. The van der Waals surface area contributed by atoms with Gasteiger partial charge in [-0.2, -0.15) is 15.0 Å². The van der Waals surface area contributed by atoms with Crippen molar-refractivity contribution in [2.24, 2.45) is 0 Å². The molecule has 2 aromatic carbocycles. The molecule has 0 bridgehead atoms. The third-order valence-corrected chi connectivity index (χ3v) is 4.03. The molecule has 0 unspecified atom stereocenters. The Bertz CT molecular complexity index is 800. The van der Waals surface area contributed by atoms with Crippen LogP contribution >= 0.6 is 23.2 Å². The van der Waals surface area contributed by atoms with Gasteiger partial charge in [-0.05, 0) is 24.7 Å². The predicted molar refractivity (Wildman–Crippen MR) is 93.8 cm³/mol. The molecule has 1 aromatic heterocycles. The average molecular weight is 347 g/mol. The fraction of sp³-hybridized carbons (Fsp3) is 0.176. The Morgan fingerprint density at radius 3 is 2.52 bits per heavy atom. The van der Waals surface area contributed by atoms with Gasteiger partial charge in [-0.1, -0.05) is 59.6 Å². The van der Waals surface area contributed by atoms with Crippen LogP contribution in [0, 0.1) is 0 Å². The summed E-state index contributed by atoms with van der Waals surface area (Å²) in [4.78, 5) is 1.67. The van der Waals surface area contributed by atoms with E-state index < -0.39 is 0 Å². The summed E-state index contributed by atoms with van der Waals surface area (Å²) in [5, 5.41) is 13.6. The van der Waals surface area contributed by atoms with Crippen LogP contribution in [-0.4, -0.2) is 22.0 Å². The molecule has 0 amide bonds. The van der Waals surface area contributed by atoms with Gasteiger partial charge in [-0.3, -0.25) is 0 Å². The Labute approximate surface area is 145 Å². The minimum Gasteiger partial charge on any atom is -0.314 e. The van der Waals surface area contributed by atoms with E-state index >= 15 is 0 Å².